The Morgan fingerprint density at radius 1 is 1.13 bits per heavy atom. The highest BCUT2D eigenvalue weighted by Gasteiger charge is 2.08. The van der Waals surface area contributed by atoms with Gasteiger partial charge in [0.2, 0.25) is 0 Å². The molecule has 0 fully saturated rings. The number of carbonyl (C=O) groups is 1. The van der Waals surface area contributed by atoms with Crippen LogP contribution < -0.4 is 0 Å². The fraction of sp³-hybridized carbons (Fsp3) is 0.0769. The number of nitriles is 1. The fourth-order valence-corrected chi connectivity index (χ4v) is 1.58. The van der Waals surface area contributed by atoms with Gasteiger partial charge in [-0.05, 0) is 22.4 Å². The molecule has 1 atom stereocenters. The van der Waals surface area contributed by atoms with Crippen LogP contribution in [0.5, 0.6) is 0 Å². The molecule has 2 aromatic rings. The lowest BCUT2D eigenvalue weighted by atomic mass is 9.99. The number of hydrogen-bond acceptors (Lipinski definition) is 2. The van der Waals surface area contributed by atoms with Gasteiger partial charge in [0.1, 0.15) is 12.2 Å². The normalized spacial score (nSPS) is 11.9. The van der Waals surface area contributed by atoms with Crippen LogP contribution in [0.4, 0.5) is 0 Å². The third-order valence-corrected chi connectivity index (χ3v) is 2.41. The van der Waals surface area contributed by atoms with Gasteiger partial charge in [0.25, 0.3) is 0 Å². The second kappa shape index (κ2) is 3.93. The summed E-state index contributed by atoms with van der Waals surface area (Å²) in [6.45, 7) is 0. The van der Waals surface area contributed by atoms with Crippen molar-refractivity contribution in [1.82, 2.24) is 0 Å². The van der Waals surface area contributed by atoms with Gasteiger partial charge in [-0.25, -0.2) is 0 Å². The zero-order chi connectivity index (χ0) is 10.7. The molecule has 0 saturated carbocycles. The molecule has 15 heavy (non-hydrogen) atoms. The van der Waals surface area contributed by atoms with E-state index in [0.717, 1.165) is 16.3 Å². The highest BCUT2D eigenvalue weighted by molar-refractivity contribution is 5.84. The smallest absolute Gasteiger partial charge is 0.141 e. The lowest BCUT2D eigenvalue weighted by molar-refractivity contribution is -0.108. The molecule has 0 bridgehead atoms. The van der Waals surface area contributed by atoms with Gasteiger partial charge in [0.05, 0.1) is 6.07 Å². The Morgan fingerprint density at radius 3 is 2.53 bits per heavy atom. The van der Waals surface area contributed by atoms with Crippen LogP contribution in [0, 0.1) is 11.3 Å². The van der Waals surface area contributed by atoms with Crippen molar-refractivity contribution < 1.29 is 4.79 Å². The van der Waals surface area contributed by atoms with Gasteiger partial charge >= 0.3 is 0 Å². The molecule has 0 radical (unpaired) electrons. The Labute approximate surface area is 87.8 Å². The van der Waals surface area contributed by atoms with Crippen LogP contribution in [0.2, 0.25) is 0 Å². The number of fused-ring (bicyclic) bond motifs is 1. The summed E-state index contributed by atoms with van der Waals surface area (Å²) in [5, 5.41) is 10.9. The molecule has 2 nitrogen and oxygen atoms in total. The summed E-state index contributed by atoms with van der Waals surface area (Å²) in [5.74, 6) is -0.658. The van der Waals surface area contributed by atoms with E-state index in [1.165, 1.54) is 0 Å². The first kappa shape index (κ1) is 9.42. The number of benzene rings is 2. The first-order valence-electron chi connectivity index (χ1n) is 4.69. The van der Waals surface area contributed by atoms with Crippen molar-refractivity contribution in [2.24, 2.45) is 0 Å². The monoisotopic (exact) mass is 195 g/mol. The standard InChI is InChI=1S/C13H9NO/c14-8-13(9-15)12-6-5-10-3-1-2-4-11(10)7-12/h1-7,9,13H. The van der Waals surface area contributed by atoms with Crippen LogP contribution in [0.1, 0.15) is 11.5 Å². The Hall–Kier alpha value is -2.14. The lowest BCUT2D eigenvalue weighted by Crippen LogP contribution is -1.96. The maximum atomic E-state index is 10.7. The van der Waals surface area contributed by atoms with Gasteiger partial charge in [-0.15, -0.1) is 0 Å². The van der Waals surface area contributed by atoms with E-state index < -0.39 is 5.92 Å². The molecule has 0 aliphatic heterocycles. The van der Waals surface area contributed by atoms with E-state index in [-0.39, 0.29) is 0 Å². The van der Waals surface area contributed by atoms with Crippen LogP contribution in [0.15, 0.2) is 42.5 Å². The van der Waals surface area contributed by atoms with E-state index in [2.05, 4.69) is 0 Å². The third-order valence-electron chi connectivity index (χ3n) is 2.41. The molecule has 2 heteroatoms. The Bertz CT molecular complexity index is 539. The summed E-state index contributed by atoms with van der Waals surface area (Å²) in [4.78, 5) is 10.7. The highest BCUT2D eigenvalue weighted by atomic mass is 16.1. The summed E-state index contributed by atoms with van der Waals surface area (Å²) in [6, 6.07) is 15.5. The summed E-state index contributed by atoms with van der Waals surface area (Å²) >= 11 is 0. The van der Waals surface area contributed by atoms with Gasteiger partial charge in [-0.3, -0.25) is 0 Å². The first-order chi connectivity index (χ1) is 7.35. The Kier molecular flexibility index (Phi) is 2.47. The predicted octanol–water partition coefficient (Wildman–Crippen LogP) is 2.65. The summed E-state index contributed by atoms with van der Waals surface area (Å²) in [7, 11) is 0. The van der Waals surface area contributed by atoms with Crippen molar-refractivity contribution in [2.45, 2.75) is 5.92 Å². The predicted molar refractivity (Wildman–Crippen MR) is 58.4 cm³/mol. The molecule has 0 amide bonds. The van der Waals surface area contributed by atoms with Gasteiger partial charge in [-0.2, -0.15) is 5.26 Å². The molecule has 0 heterocycles. The highest BCUT2D eigenvalue weighted by Crippen LogP contribution is 2.20. The van der Waals surface area contributed by atoms with E-state index in [4.69, 9.17) is 5.26 Å². The van der Waals surface area contributed by atoms with E-state index >= 15 is 0 Å². The summed E-state index contributed by atoms with van der Waals surface area (Å²) in [6.07, 6.45) is 0.671. The second-order valence-electron chi connectivity index (χ2n) is 3.35. The van der Waals surface area contributed by atoms with E-state index in [0.29, 0.717) is 6.29 Å². The summed E-state index contributed by atoms with van der Waals surface area (Å²) in [5.41, 5.74) is 0.756. The number of rotatable bonds is 2. The maximum absolute atomic E-state index is 10.7. The van der Waals surface area contributed by atoms with Gasteiger partial charge in [-0.1, -0.05) is 36.4 Å². The molecule has 2 aromatic carbocycles. The summed E-state index contributed by atoms with van der Waals surface area (Å²) < 4.78 is 0. The van der Waals surface area contributed by atoms with Gasteiger partial charge in [0, 0.05) is 0 Å². The van der Waals surface area contributed by atoms with Crippen LogP contribution >= 0.6 is 0 Å². The lowest BCUT2D eigenvalue weighted by Gasteiger charge is -2.03. The van der Waals surface area contributed by atoms with Crippen molar-refractivity contribution >= 4 is 17.1 Å². The van der Waals surface area contributed by atoms with Crippen molar-refractivity contribution in [1.29, 1.82) is 5.26 Å². The molecular formula is C13H9NO. The number of hydrogen-bond donors (Lipinski definition) is 0. The number of aldehydes is 1. The fourth-order valence-electron chi connectivity index (χ4n) is 1.58. The molecule has 0 aromatic heterocycles. The van der Waals surface area contributed by atoms with E-state index in [9.17, 15) is 4.79 Å². The molecule has 0 saturated heterocycles. The topological polar surface area (TPSA) is 40.9 Å². The largest absolute Gasteiger partial charge is 0.302 e. The maximum Gasteiger partial charge on any atom is 0.141 e. The number of nitrogens with zero attached hydrogens (tertiary/aromatic N) is 1. The zero-order valence-electron chi connectivity index (χ0n) is 8.05. The van der Waals surface area contributed by atoms with Crippen molar-refractivity contribution in [3.63, 3.8) is 0 Å². The van der Waals surface area contributed by atoms with Gasteiger partial charge < -0.3 is 4.79 Å². The third kappa shape index (κ3) is 1.72. The SMILES string of the molecule is N#CC(C=O)c1ccc2ccccc2c1. The number of carbonyl (C=O) groups excluding carboxylic acids is 1. The molecule has 0 spiro atoms. The van der Waals surface area contributed by atoms with Gasteiger partial charge in [0.15, 0.2) is 0 Å². The minimum Gasteiger partial charge on any atom is -0.302 e. The molecule has 72 valence electrons. The van der Waals surface area contributed by atoms with Crippen molar-refractivity contribution in [2.75, 3.05) is 0 Å². The van der Waals surface area contributed by atoms with Crippen molar-refractivity contribution in [3.05, 3.63) is 48.0 Å². The molecular weight excluding hydrogens is 186 g/mol. The van der Waals surface area contributed by atoms with E-state index in [1.54, 1.807) is 0 Å². The first-order valence-corrected chi connectivity index (χ1v) is 4.69. The zero-order valence-corrected chi connectivity index (χ0v) is 8.05. The van der Waals surface area contributed by atoms with Crippen molar-refractivity contribution in [3.8, 4) is 6.07 Å². The minimum atomic E-state index is -0.658. The molecule has 1 unspecified atom stereocenters. The molecule has 0 N–H and O–H groups in total. The average Bonchev–Trinajstić information content (AvgIpc) is 2.30. The van der Waals surface area contributed by atoms with Crippen LogP contribution in [-0.4, -0.2) is 6.29 Å². The van der Waals surface area contributed by atoms with Crippen LogP contribution in [0.3, 0.4) is 0 Å². The molecule has 0 aliphatic carbocycles. The van der Waals surface area contributed by atoms with Crippen LogP contribution in [0.25, 0.3) is 10.8 Å². The van der Waals surface area contributed by atoms with Crippen LogP contribution in [-0.2, 0) is 4.79 Å². The quantitative estimate of drug-likeness (QED) is 0.691. The Morgan fingerprint density at radius 2 is 1.87 bits per heavy atom. The Balaban J connectivity index is 2.56. The molecule has 0 aliphatic rings. The molecule has 2 rings (SSSR count). The second-order valence-corrected chi connectivity index (χ2v) is 3.35. The minimum absolute atomic E-state index is 0.658. The average molecular weight is 195 g/mol. The van der Waals surface area contributed by atoms with E-state index in [1.807, 2.05) is 48.5 Å².